The Hall–Kier alpha value is -3.62. The smallest absolute Gasteiger partial charge is 0.292 e. The summed E-state index contributed by atoms with van der Waals surface area (Å²) in [5, 5.41) is 13.9. The van der Waals surface area contributed by atoms with Gasteiger partial charge in [-0.3, -0.25) is 19.7 Å². The maximum Gasteiger partial charge on any atom is 0.292 e. The minimum atomic E-state index is -0.768. The molecule has 162 valence electrons. The van der Waals surface area contributed by atoms with Gasteiger partial charge in [-0.25, -0.2) is 0 Å². The Morgan fingerprint density at radius 3 is 2.39 bits per heavy atom. The Bertz CT molecular complexity index is 1000. The third-order valence-corrected chi connectivity index (χ3v) is 5.84. The first-order chi connectivity index (χ1) is 15.0. The number of nitro groups is 1. The molecule has 2 aliphatic rings. The summed E-state index contributed by atoms with van der Waals surface area (Å²) in [5.41, 5.74) is 1.31. The molecular formula is C22H24N4O5. The maximum atomic E-state index is 13.4. The van der Waals surface area contributed by atoms with Crippen molar-refractivity contribution in [1.29, 1.82) is 0 Å². The molecule has 2 aromatic rings. The molecule has 0 aliphatic carbocycles. The molecule has 1 unspecified atom stereocenters. The van der Waals surface area contributed by atoms with E-state index in [-0.39, 0.29) is 34.9 Å². The first-order valence-corrected chi connectivity index (χ1v) is 10.3. The highest BCUT2D eigenvalue weighted by Crippen LogP contribution is 2.36. The van der Waals surface area contributed by atoms with E-state index in [1.54, 1.807) is 35.2 Å². The van der Waals surface area contributed by atoms with Crippen molar-refractivity contribution in [3.05, 3.63) is 58.6 Å². The number of fused-ring (bicyclic) bond motifs is 1. The van der Waals surface area contributed by atoms with Crippen LogP contribution < -0.4 is 19.9 Å². The largest absolute Gasteiger partial charge is 0.477 e. The van der Waals surface area contributed by atoms with E-state index in [2.05, 4.69) is 5.32 Å². The molecule has 1 saturated heterocycles. The lowest BCUT2D eigenvalue weighted by Gasteiger charge is -2.38. The van der Waals surface area contributed by atoms with Crippen LogP contribution in [-0.2, 0) is 9.59 Å². The summed E-state index contributed by atoms with van der Waals surface area (Å²) in [6.45, 7) is 1.25. The van der Waals surface area contributed by atoms with Gasteiger partial charge in [0.2, 0.25) is 5.91 Å². The van der Waals surface area contributed by atoms with Crippen molar-refractivity contribution < 1.29 is 19.2 Å². The van der Waals surface area contributed by atoms with E-state index in [9.17, 15) is 19.7 Å². The summed E-state index contributed by atoms with van der Waals surface area (Å²) in [5.74, 6) is -0.0473. The third kappa shape index (κ3) is 4.03. The molecular weight excluding hydrogens is 400 g/mol. The van der Waals surface area contributed by atoms with E-state index in [0.29, 0.717) is 43.1 Å². The number of hydrogen-bond donors (Lipinski definition) is 1. The molecule has 2 heterocycles. The number of anilines is 2. The highest BCUT2D eigenvalue weighted by atomic mass is 16.6. The van der Waals surface area contributed by atoms with Crippen LogP contribution in [0.1, 0.15) is 12.8 Å². The molecule has 31 heavy (non-hydrogen) atoms. The minimum Gasteiger partial charge on any atom is -0.477 e. The Morgan fingerprint density at radius 2 is 1.71 bits per heavy atom. The number of hydrogen-bond acceptors (Lipinski definition) is 6. The standard InChI is InChI=1S/C22H24N4O5/c1-23-21(27)20-14-25(18-8-4-5-9-19(18)31-20)22(28)15-10-12-24(13-11-15)16-6-2-3-7-17(16)26(29)30/h2-9,15,20H,10-14H2,1H3,(H,23,27). The zero-order chi connectivity index (χ0) is 22.0. The van der Waals surface area contributed by atoms with Gasteiger partial charge in [0, 0.05) is 32.1 Å². The summed E-state index contributed by atoms with van der Waals surface area (Å²) < 4.78 is 5.78. The molecule has 0 bridgehead atoms. The lowest BCUT2D eigenvalue weighted by molar-refractivity contribution is -0.384. The van der Waals surface area contributed by atoms with E-state index in [1.165, 1.54) is 13.1 Å². The van der Waals surface area contributed by atoms with Gasteiger partial charge in [-0.1, -0.05) is 24.3 Å². The Labute approximate surface area is 179 Å². The van der Waals surface area contributed by atoms with Gasteiger partial charge >= 0.3 is 0 Å². The number of ether oxygens (including phenoxy) is 1. The third-order valence-electron chi connectivity index (χ3n) is 5.84. The zero-order valence-electron chi connectivity index (χ0n) is 17.2. The first-order valence-electron chi connectivity index (χ1n) is 10.3. The molecule has 1 fully saturated rings. The first kappa shape index (κ1) is 20.6. The highest BCUT2D eigenvalue weighted by molar-refractivity contribution is 5.98. The van der Waals surface area contributed by atoms with Crippen LogP contribution in [0.25, 0.3) is 0 Å². The molecule has 9 nitrogen and oxygen atoms in total. The fourth-order valence-electron chi connectivity index (χ4n) is 4.21. The van der Waals surface area contributed by atoms with Crippen LogP contribution in [0.3, 0.4) is 0 Å². The van der Waals surface area contributed by atoms with Gasteiger partial charge in [0.15, 0.2) is 6.10 Å². The summed E-state index contributed by atoms with van der Waals surface area (Å²) >= 11 is 0. The topological polar surface area (TPSA) is 105 Å². The number of benzene rings is 2. The fraction of sp³-hybridized carbons (Fsp3) is 0.364. The second-order valence-electron chi connectivity index (χ2n) is 7.64. The molecule has 2 aliphatic heterocycles. The van der Waals surface area contributed by atoms with Crippen molar-refractivity contribution in [3.63, 3.8) is 0 Å². The highest BCUT2D eigenvalue weighted by Gasteiger charge is 2.37. The molecule has 4 rings (SSSR count). The SMILES string of the molecule is CNC(=O)C1CN(C(=O)C2CCN(c3ccccc3[N+](=O)[O-])CC2)c2ccccc2O1. The quantitative estimate of drug-likeness (QED) is 0.597. The number of nitrogens with one attached hydrogen (secondary N) is 1. The molecule has 0 spiro atoms. The fourth-order valence-corrected chi connectivity index (χ4v) is 4.21. The normalized spacial score (nSPS) is 18.7. The predicted octanol–water partition coefficient (Wildman–Crippen LogP) is 2.35. The Morgan fingerprint density at radius 1 is 1.06 bits per heavy atom. The van der Waals surface area contributed by atoms with Crippen molar-refractivity contribution >= 4 is 28.9 Å². The van der Waals surface area contributed by atoms with Crippen molar-refractivity contribution in [3.8, 4) is 5.75 Å². The predicted molar refractivity (Wildman–Crippen MR) is 115 cm³/mol. The van der Waals surface area contributed by atoms with Crippen molar-refractivity contribution in [2.45, 2.75) is 18.9 Å². The molecule has 0 radical (unpaired) electrons. The average molecular weight is 424 g/mol. The maximum absolute atomic E-state index is 13.4. The van der Waals surface area contributed by atoms with E-state index >= 15 is 0 Å². The number of para-hydroxylation sites is 4. The monoisotopic (exact) mass is 424 g/mol. The second-order valence-corrected chi connectivity index (χ2v) is 7.64. The number of nitrogens with zero attached hydrogens (tertiary/aromatic N) is 3. The summed E-state index contributed by atoms with van der Waals surface area (Å²) in [7, 11) is 1.54. The second kappa shape index (κ2) is 8.63. The zero-order valence-corrected chi connectivity index (χ0v) is 17.2. The van der Waals surface area contributed by atoms with Crippen LogP contribution in [0.5, 0.6) is 5.75 Å². The number of likely N-dealkylation sites (N-methyl/N-ethyl adjacent to an activating group) is 1. The van der Waals surface area contributed by atoms with Gasteiger partial charge in [-0.15, -0.1) is 0 Å². The van der Waals surface area contributed by atoms with E-state index in [1.807, 2.05) is 17.0 Å². The van der Waals surface area contributed by atoms with E-state index in [4.69, 9.17) is 4.74 Å². The van der Waals surface area contributed by atoms with Crippen molar-refractivity contribution in [1.82, 2.24) is 5.32 Å². The van der Waals surface area contributed by atoms with Crippen molar-refractivity contribution in [2.75, 3.05) is 36.5 Å². The molecule has 0 aromatic heterocycles. The Balaban J connectivity index is 1.50. The molecule has 1 N–H and O–H groups in total. The number of carbonyl (C=O) groups excluding carboxylic acids is 2. The van der Waals surface area contributed by atoms with Crippen LogP contribution in [0.15, 0.2) is 48.5 Å². The van der Waals surface area contributed by atoms with Crippen molar-refractivity contribution in [2.24, 2.45) is 5.92 Å². The molecule has 2 aromatic carbocycles. The number of rotatable bonds is 4. The van der Waals surface area contributed by atoms with E-state index in [0.717, 1.165) is 0 Å². The van der Waals surface area contributed by atoms with Gasteiger partial charge in [-0.05, 0) is 31.0 Å². The lowest BCUT2D eigenvalue weighted by Crippen LogP contribution is -2.52. The molecule has 1 atom stereocenters. The van der Waals surface area contributed by atoms with Crippen LogP contribution >= 0.6 is 0 Å². The van der Waals surface area contributed by atoms with Gasteiger partial charge in [0.25, 0.3) is 11.6 Å². The van der Waals surface area contributed by atoms with Crippen LogP contribution in [0.4, 0.5) is 17.1 Å². The summed E-state index contributed by atoms with van der Waals surface area (Å²) in [6, 6.07) is 13.9. The number of nitro benzene ring substituents is 1. The number of amides is 2. The van der Waals surface area contributed by atoms with Gasteiger partial charge in [0.05, 0.1) is 17.2 Å². The minimum absolute atomic E-state index is 0.0492. The number of carbonyl (C=O) groups is 2. The summed E-state index contributed by atoms with van der Waals surface area (Å²) in [6.07, 6.45) is 0.389. The van der Waals surface area contributed by atoms with Crippen LogP contribution in [0, 0.1) is 16.0 Å². The molecule has 2 amide bonds. The molecule has 0 saturated carbocycles. The van der Waals surface area contributed by atoms with Gasteiger partial charge in [0.1, 0.15) is 11.4 Å². The average Bonchev–Trinajstić information content (AvgIpc) is 2.82. The Kier molecular flexibility index (Phi) is 5.75. The van der Waals surface area contributed by atoms with Crippen LogP contribution in [0.2, 0.25) is 0 Å². The number of piperidine rings is 1. The van der Waals surface area contributed by atoms with Crippen LogP contribution in [-0.4, -0.2) is 49.5 Å². The van der Waals surface area contributed by atoms with E-state index < -0.39 is 6.10 Å². The lowest BCUT2D eigenvalue weighted by atomic mass is 9.94. The molecule has 9 heteroatoms. The van der Waals surface area contributed by atoms with Gasteiger partial charge in [-0.2, -0.15) is 0 Å². The van der Waals surface area contributed by atoms with Gasteiger partial charge < -0.3 is 19.9 Å². The summed E-state index contributed by atoms with van der Waals surface area (Å²) in [4.78, 5) is 40.1.